The minimum Gasteiger partial charge on any atom is -0.461 e. The van der Waals surface area contributed by atoms with Gasteiger partial charge in [-0.15, -0.1) is 0 Å². The fraction of sp³-hybridized carbons (Fsp3) is 0.583. The fourth-order valence-electron chi connectivity index (χ4n) is 1.22. The van der Waals surface area contributed by atoms with Crippen molar-refractivity contribution in [3.05, 3.63) is 17.5 Å². The molecule has 0 aliphatic heterocycles. The van der Waals surface area contributed by atoms with Crippen molar-refractivity contribution in [2.24, 2.45) is 5.73 Å². The Kier molecular flexibility index (Phi) is 4.61. The lowest BCUT2D eigenvalue weighted by Crippen LogP contribution is -2.23. The largest absolute Gasteiger partial charge is 0.461 e. The van der Waals surface area contributed by atoms with E-state index in [1.807, 2.05) is 20.8 Å². The van der Waals surface area contributed by atoms with Gasteiger partial charge in [0.2, 0.25) is 0 Å². The van der Waals surface area contributed by atoms with Crippen molar-refractivity contribution >= 4 is 5.84 Å². The highest BCUT2D eigenvalue weighted by Crippen LogP contribution is 2.08. The maximum Gasteiger partial charge on any atom is 0.317 e. The van der Waals surface area contributed by atoms with Crippen LogP contribution in [0.15, 0.2) is 6.07 Å². The molecule has 0 spiro atoms. The smallest absolute Gasteiger partial charge is 0.317 e. The molecule has 0 amide bonds. The molecule has 0 unspecified atom stereocenters. The molecule has 0 aliphatic carbocycles. The zero-order valence-electron chi connectivity index (χ0n) is 11.3. The molecule has 0 saturated carbocycles. The van der Waals surface area contributed by atoms with Crippen molar-refractivity contribution in [1.29, 1.82) is 5.41 Å². The summed E-state index contributed by atoms with van der Waals surface area (Å²) in [6.45, 7) is 8.54. The Bertz CT molecular complexity index is 427. The van der Waals surface area contributed by atoms with Gasteiger partial charge in [-0.1, -0.05) is 0 Å². The van der Waals surface area contributed by atoms with E-state index >= 15 is 0 Å². The number of ether oxygens (including phenoxy) is 2. The molecule has 0 radical (unpaired) electrons. The number of nitrogens with zero attached hydrogens (tertiary/aromatic N) is 2. The molecule has 1 rings (SSSR count). The number of nitrogens with two attached hydrogens (primary N) is 1. The van der Waals surface area contributed by atoms with E-state index < -0.39 is 0 Å². The van der Waals surface area contributed by atoms with Crippen LogP contribution in [0.3, 0.4) is 0 Å². The predicted octanol–water partition coefficient (Wildman–Crippen LogP) is 1.26. The Hall–Kier alpha value is -1.69. The number of aromatic nitrogens is 2. The van der Waals surface area contributed by atoms with Crippen molar-refractivity contribution < 1.29 is 9.47 Å². The van der Waals surface area contributed by atoms with Crippen molar-refractivity contribution in [1.82, 2.24) is 9.97 Å². The first-order valence-electron chi connectivity index (χ1n) is 5.75. The van der Waals surface area contributed by atoms with E-state index in [1.54, 1.807) is 13.0 Å². The third kappa shape index (κ3) is 5.09. The maximum atomic E-state index is 7.33. The van der Waals surface area contributed by atoms with Gasteiger partial charge in [-0.05, 0) is 33.8 Å². The number of rotatable bonds is 5. The zero-order chi connectivity index (χ0) is 13.8. The minimum atomic E-state index is -0.193. The highest BCUT2D eigenvalue weighted by atomic mass is 16.5. The maximum absolute atomic E-state index is 7.33. The first-order chi connectivity index (χ1) is 8.28. The summed E-state index contributed by atoms with van der Waals surface area (Å²) in [6.07, 6.45) is 0. The van der Waals surface area contributed by atoms with Crippen LogP contribution in [-0.2, 0) is 4.74 Å². The fourth-order valence-corrected chi connectivity index (χ4v) is 1.22. The van der Waals surface area contributed by atoms with Gasteiger partial charge in [0.25, 0.3) is 0 Å². The SMILES string of the molecule is Cc1cc(C(=N)N)nc(OCCOC(C)(C)C)n1. The van der Waals surface area contributed by atoms with Crippen LogP contribution >= 0.6 is 0 Å². The molecular formula is C12H20N4O2. The summed E-state index contributed by atoms with van der Waals surface area (Å²) < 4.78 is 10.9. The Balaban J connectivity index is 2.55. The molecule has 0 fully saturated rings. The second kappa shape index (κ2) is 5.77. The summed E-state index contributed by atoms with van der Waals surface area (Å²) >= 11 is 0. The third-order valence-electron chi connectivity index (χ3n) is 1.96. The Morgan fingerprint density at radius 1 is 1.33 bits per heavy atom. The second-order valence-corrected chi connectivity index (χ2v) is 4.90. The van der Waals surface area contributed by atoms with Crippen molar-refractivity contribution in [2.45, 2.75) is 33.3 Å². The summed E-state index contributed by atoms with van der Waals surface area (Å²) in [5.74, 6) is -0.101. The molecular weight excluding hydrogens is 232 g/mol. The average Bonchev–Trinajstić information content (AvgIpc) is 2.22. The monoisotopic (exact) mass is 252 g/mol. The van der Waals surface area contributed by atoms with Crippen LogP contribution in [0.5, 0.6) is 6.01 Å². The van der Waals surface area contributed by atoms with Gasteiger partial charge >= 0.3 is 6.01 Å². The summed E-state index contributed by atoms with van der Waals surface area (Å²) in [5.41, 5.74) is 6.26. The van der Waals surface area contributed by atoms with Gasteiger partial charge < -0.3 is 15.2 Å². The lowest BCUT2D eigenvalue weighted by atomic mass is 10.2. The minimum absolute atomic E-state index is 0.101. The van der Waals surface area contributed by atoms with E-state index in [2.05, 4.69) is 9.97 Å². The highest BCUT2D eigenvalue weighted by Gasteiger charge is 2.10. The van der Waals surface area contributed by atoms with Crippen molar-refractivity contribution in [3.8, 4) is 6.01 Å². The quantitative estimate of drug-likeness (QED) is 0.467. The molecule has 18 heavy (non-hydrogen) atoms. The van der Waals surface area contributed by atoms with E-state index in [1.165, 1.54) is 0 Å². The molecule has 0 bridgehead atoms. The molecule has 100 valence electrons. The van der Waals surface area contributed by atoms with Crippen LogP contribution < -0.4 is 10.5 Å². The van der Waals surface area contributed by atoms with Gasteiger partial charge in [0.15, 0.2) is 0 Å². The van der Waals surface area contributed by atoms with E-state index in [0.29, 0.717) is 24.6 Å². The van der Waals surface area contributed by atoms with Gasteiger partial charge in [-0.25, -0.2) is 4.98 Å². The zero-order valence-corrected chi connectivity index (χ0v) is 11.3. The second-order valence-electron chi connectivity index (χ2n) is 4.90. The Morgan fingerprint density at radius 2 is 2.00 bits per heavy atom. The lowest BCUT2D eigenvalue weighted by Gasteiger charge is -2.19. The van der Waals surface area contributed by atoms with E-state index in [0.717, 1.165) is 0 Å². The third-order valence-corrected chi connectivity index (χ3v) is 1.96. The molecule has 1 heterocycles. The van der Waals surface area contributed by atoms with Crippen LogP contribution in [0.1, 0.15) is 32.2 Å². The highest BCUT2D eigenvalue weighted by molar-refractivity contribution is 5.93. The Morgan fingerprint density at radius 3 is 2.56 bits per heavy atom. The molecule has 6 nitrogen and oxygen atoms in total. The summed E-state index contributed by atoms with van der Waals surface area (Å²) in [7, 11) is 0. The first kappa shape index (κ1) is 14.4. The number of aryl methyl sites for hydroxylation is 1. The molecule has 0 aromatic carbocycles. The molecule has 1 aromatic heterocycles. The number of nitrogen functional groups attached to an aromatic ring is 1. The van der Waals surface area contributed by atoms with Gasteiger partial charge in [-0.3, -0.25) is 5.41 Å². The number of hydrogen-bond acceptors (Lipinski definition) is 5. The first-order valence-corrected chi connectivity index (χ1v) is 5.75. The number of hydrogen-bond donors (Lipinski definition) is 2. The van der Waals surface area contributed by atoms with Crippen LogP contribution in [0, 0.1) is 12.3 Å². The summed E-state index contributed by atoms with van der Waals surface area (Å²) in [6, 6.07) is 1.86. The molecule has 0 saturated heterocycles. The van der Waals surface area contributed by atoms with Crippen LogP contribution in [0.4, 0.5) is 0 Å². The van der Waals surface area contributed by atoms with Crippen molar-refractivity contribution in [2.75, 3.05) is 13.2 Å². The van der Waals surface area contributed by atoms with Crippen molar-refractivity contribution in [3.63, 3.8) is 0 Å². The van der Waals surface area contributed by atoms with E-state index in [4.69, 9.17) is 20.6 Å². The van der Waals surface area contributed by atoms with Gasteiger partial charge in [0.1, 0.15) is 18.1 Å². The predicted molar refractivity (Wildman–Crippen MR) is 69.0 cm³/mol. The standard InChI is InChI=1S/C12H20N4O2/c1-8-7-9(10(13)14)16-11(15-8)17-5-6-18-12(2,3)4/h7H,5-6H2,1-4H3,(H3,13,14). The normalized spacial score (nSPS) is 11.3. The molecule has 1 aromatic rings. The number of nitrogens with one attached hydrogen (secondary N) is 1. The topological polar surface area (TPSA) is 94.1 Å². The molecule has 0 atom stereocenters. The van der Waals surface area contributed by atoms with Gasteiger partial charge in [0, 0.05) is 5.69 Å². The van der Waals surface area contributed by atoms with Gasteiger partial charge in [0.05, 0.1) is 12.2 Å². The molecule has 3 N–H and O–H groups in total. The molecule has 0 aliphatic rings. The number of amidine groups is 1. The van der Waals surface area contributed by atoms with Crippen LogP contribution in [0.25, 0.3) is 0 Å². The molecule has 6 heteroatoms. The summed E-state index contributed by atoms with van der Waals surface area (Å²) in [5, 5.41) is 7.33. The van der Waals surface area contributed by atoms with Gasteiger partial charge in [-0.2, -0.15) is 4.98 Å². The van der Waals surface area contributed by atoms with E-state index in [9.17, 15) is 0 Å². The van der Waals surface area contributed by atoms with E-state index in [-0.39, 0.29) is 17.4 Å². The summed E-state index contributed by atoms with van der Waals surface area (Å²) in [4.78, 5) is 8.14. The Labute approximate surface area is 107 Å². The average molecular weight is 252 g/mol. The lowest BCUT2D eigenvalue weighted by molar-refractivity contribution is -0.0174. The van der Waals surface area contributed by atoms with Crippen LogP contribution in [0.2, 0.25) is 0 Å². The van der Waals surface area contributed by atoms with Crippen LogP contribution in [-0.4, -0.2) is 34.6 Å².